The molecule has 0 atom stereocenters. The highest BCUT2D eigenvalue weighted by Gasteiger charge is 2.19. The number of hydrogen-bond donors (Lipinski definition) is 0. The number of aromatic nitrogens is 2. The van der Waals surface area contributed by atoms with Crippen LogP contribution in [0.15, 0.2) is 52.1 Å². The van der Waals surface area contributed by atoms with Gasteiger partial charge in [-0.2, -0.15) is 0 Å². The molecule has 0 spiro atoms. The van der Waals surface area contributed by atoms with Gasteiger partial charge in [-0.15, -0.1) is 0 Å². The zero-order chi connectivity index (χ0) is 20.4. The molecule has 3 aromatic rings. The Balaban J connectivity index is 2.33. The van der Waals surface area contributed by atoms with E-state index in [1.54, 1.807) is 35.2 Å². The molecule has 0 saturated heterocycles. The molecular weight excluding hydrogens is 354 g/mol. The Morgan fingerprint density at radius 1 is 0.964 bits per heavy atom. The van der Waals surface area contributed by atoms with E-state index in [0.717, 1.165) is 11.1 Å². The Bertz CT molecular complexity index is 1150. The Morgan fingerprint density at radius 2 is 1.64 bits per heavy atom. The molecule has 0 fully saturated rings. The number of nitrogens with zero attached hydrogens (tertiary/aromatic N) is 3. The standard InChI is InChI=1S/C22H25N3O3/c1-5-23(6-2)20(26)14-24-19-12-8-7-11-17(19)21(27)25(22(24)28)18-13-9-10-15(3)16(18)4/h7-13H,5-6,14H2,1-4H3. The molecule has 1 amide bonds. The van der Waals surface area contributed by atoms with Crippen LogP contribution in [0.2, 0.25) is 0 Å². The average Bonchev–Trinajstić information content (AvgIpc) is 2.69. The maximum atomic E-state index is 13.4. The molecule has 0 unspecified atom stereocenters. The smallest absolute Gasteiger partial charge is 0.336 e. The minimum atomic E-state index is -0.502. The highest BCUT2D eigenvalue weighted by atomic mass is 16.2. The number of amides is 1. The van der Waals surface area contributed by atoms with Gasteiger partial charge < -0.3 is 4.90 Å². The van der Waals surface area contributed by atoms with Gasteiger partial charge in [0.25, 0.3) is 5.56 Å². The molecule has 0 saturated carbocycles. The molecule has 6 nitrogen and oxygen atoms in total. The summed E-state index contributed by atoms with van der Waals surface area (Å²) in [6, 6.07) is 12.5. The fourth-order valence-electron chi connectivity index (χ4n) is 3.48. The van der Waals surface area contributed by atoms with Crippen LogP contribution in [0.25, 0.3) is 16.6 Å². The fraction of sp³-hybridized carbons (Fsp3) is 0.318. The van der Waals surface area contributed by atoms with E-state index in [4.69, 9.17) is 0 Å². The van der Waals surface area contributed by atoms with E-state index in [0.29, 0.717) is 29.7 Å². The van der Waals surface area contributed by atoms with Crippen molar-refractivity contribution in [2.24, 2.45) is 0 Å². The van der Waals surface area contributed by atoms with Crippen LogP contribution in [0.4, 0.5) is 0 Å². The maximum Gasteiger partial charge on any atom is 0.336 e. The van der Waals surface area contributed by atoms with E-state index in [-0.39, 0.29) is 18.0 Å². The Kier molecular flexibility index (Phi) is 5.49. The zero-order valence-corrected chi connectivity index (χ0v) is 16.7. The molecule has 0 aliphatic rings. The minimum absolute atomic E-state index is 0.105. The van der Waals surface area contributed by atoms with E-state index < -0.39 is 5.69 Å². The predicted octanol–water partition coefficient (Wildman–Crippen LogP) is 2.64. The highest BCUT2D eigenvalue weighted by molar-refractivity contribution is 5.82. The number of carbonyl (C=O) groups excluding carboxylic acids is 1. The van der Waals surface area contributed by atoms with Gasteiger partial charge in [-0.1, -0.05) is 24.3 Å². The average molecular weight is 379 g/mol. The van der Waals surface area contributed by atoms with E-state index in [1.165, 1.54) is 9.13 Å². The summed E-state index contributed by atoms with van der Waals surface area (Å²) in [5, 5.41) is 0.412. The van der Waals surface area contributed by atoms with E-state index >= 15 is 0 Å². The highest BCUT2D eigenvalue weighted by Crippen LogP contribution is 2.16. The van der Waals surface area contributed by atoms with Gasteiger partial charge >= 0.3 is 5.69 Å². The Hall–Kier alpha value is -3.15. The van der Waals surface area contributed by atoms with Crippen molar-refractivity contribution in [2.45, 2.75) is 34.2 Å². The topological polar surface area (TPSA) is 64.3 Å². The third-order valence-corrected chi connectivity index (χ3v) is 5.28. The van der Waals surface area contributed by atoms with E-state index in [2.05, 4.69) is 0 Å². The third kappa shape index (κ3) is 3.26. The van der Waals surface area contributed by atoms with Crippen LogP contribution >= 0.6 is 0 Å². The molecule has 0 aliphatic carbocycles. The van der Waals surface area contributed by atoms with Crippen LogP contribution in [0.1, 0.15) is 25.0 Å². The number of fused-ring (bicyclic) bond motifs is 1. The number of likely N-dealkylation sites (N-methyl/N-ethyl adjacent to an activating group) is 1. The van der Waals surface area contributed by atoms with Gasteiger partial charge in [-0.3, -0.25) is 14.2 Å². The summed E-state index contributed by atoms with van der Waals surface area (Å²) in [6.07, 6.45) is 0. The maximum absolute atomic E-state index is 13.4. The van der Waals surface area contributed by atoms with Crippen molar-refractivity contribution in [2.75, 3.05) is 13.1 Å². The van der Waals surface area contributed by atoms with Gasteiger partial charge in [0.1, 0.15) is 6.54 Å². The second kappa shape index (κ2) is 7.84. The van der Waals surface area contributed by atoms with Crippen molar-refractivity contribution in [1.29, 1.82) is 0 Å². The molecule has 0 radical (unpaired) electrons. The number of benzene rings is 2. The monoisotopic (exact) mass is 379 g/mol. The van der Waals surface area contributed by atoms with Crippen molar-refractivity contribution in [3.8, 4) is 5.69 Å². The molecule has 0 aliphatic heterocycles. The van der Waals surface area contributed by atoms with Crippen molar-refractivity contribution >= 4 is 16.8 Å². The third-order valence-electron chi connectivity index (χ3n) is 5.28. The predicted molar refractivity (Wildman–Crippen MR) is 111 cm³/mol. The van der Waals surface area contributed by atoms with Crippen molar-refractivity contribution < 1.29 is 4.79 Å². The van der Waals surface area contributed by atoms with Crippen molar-refractivity contribution in [3.05, 3.63) is 74.4 Å². The first-order valence-electron chi connectivity index (χ1n) is 9.49. The van der Waals surface area contributed by atoms with E-state index in [9.17, 15) is 14.4 Å². The molecular formula is C22H25N3O3. The first-order valence-corrected chi connectivity index (χ1v) is 9.49. The minimum Gasteiger partial charge on any atom is -0.342 e. The summed E-state index contributed by atoms with van der Waals surface area (Å²) >= 11 is 0. The lowest BCUT2D eigenvalue weighted by Crippen LogP contribution is -2.43. The summed E-state index contributed by atoms with van der Waals surface area (Å²) in [7, 11) is 0. The lowest BCUT2D eigenvalue weighted by molar-refractivity contribution is -0.131. The van der Waals surface area contributed by atoms with Crippen LogP contribution < -0.4 is 11.2 Å². The van der Waals surface area contributed by atoms with Crippen molar-refractivity contribution in [1.82, 2.24) is 14.0 Å². The van der Waals surface area contributed by atoms with Gasteiger partial charge in [0.15, 0.2) is 0 Å². The van der Waals surface area contributed by atoms with Crippen LogP contribution in [0, 0.1) is 13.8 Å². The Morgan fingerprint density at radius 3 is 2.32 bits per heavy atom. The van der Waals surface area contributed by atoms with Crippen LogP contribution in [0.5, 0.6) is 0 Å². The normalized spacial score (nSPS) is 11.0. The number of hydrogen-bond acceptors (Lipinski definition) is 3. The molecule has 6 heteroatoms. The molecule has 28 heavy (non-hydrogen) atoms. The second-order valence-electron chi connectivity index (χ2n) is 6.81. The SMILES string of the molecule is CCN(CC)C(=O)Cn1c(=O)n(-c2cccc(C)c2C)c(=O)c2ccccc21. The van der Waals surface area contributed by atoms with Gasteiger partial charge in [-0.25, -0.2) is 9.36 Å². The molecule has 1 aromatic heterocycles. The van der Waals surface area contributed by atoms with Gasteiger partial charge in [0.2, 0.25) is 5.91 Å². The number of rotatable bonds is 5. The van der Waals surface area contributed by atoms with Crippen LogP contribution in [-0.4, -0.2) is 33.0 Å². The zero-order valence-electron chi connectivity index (χ0n) is 16.7. The molecule has 0 bridgehead atoms. The van der Waals surface area contributed by atoms with Gasteiger partial charge in [0, 0.05) is 13.1 Å². The first kappa shape index (κ1) is 19.6. The van der Waals surface area contributed by atoms with Gasteiger partial charge in [-0.05, 0) is 57.0 Å². The summed E-state index contributed by atoms with van der Waals surface area (Å²) in [5.74, 6) is -0.150. The lowest BCUT2D eigenvalue weighted by Gasteiger charge is -2.21. The molecule has 2 aromatic carbocycles. The number of para-hydroxylation sites is 1. The summed E-state index contributed by atoms with van der Waals surface area (Å²) in [4.78, 5) is 40.9. The lowest BCUT2D eigenvalue weighted by atomic mass is 10.1. The summed E-state index contributed by atoms with van der Waals surface area (Å²) in [6.45, 7) is 8.66. The van der Waals surface area contributed by atoms with Crippen LogP contribution in [0.3, 0.4) is 0 Å². The summed E-state index contributed by atoms with van der Waals surface area (Å²) in [5.41, 5.74) is 1.99. The van der Waals surface area contributed by atoms with Crippen LogP contribution in [-0.2, 0) is 11.3 Å². The van der Waals surface area contributed by atoms with E-state index in [1.807, 2.05) is 39.8 Å². The largest absolute Gasteiger partial charge is 0.342 e. The molecule has 1 heterocycles. The quantitative estimate of drug-likeness (QED) is 0.685. The molecule has 0 N–H and O–H groups in total. The summed E-state index contributed by atoms with van der Waals surface area (Å²) < 4.78 is 2.58. The second-order valence-corrected chi connectivity index (χ2v) is 6.81. The first-order chi connectivity index (χ1) is 13.4. The van der Waals surface area contributed by atoms with Crippen molar-refractivity contribution in [3.63, 3.8) is 0 Å². The van der Waals surface area contributed by atoms with Gasteiger partial charge in [0.05, 0.1) is 16.6 Å². The molecule has 3 rings (SSSR count). The number of carbonyl (C=O) groups is 1. The Labute approximate surface area is 163 Å². The number of aryl methyl sites for hydroxylation is 1. The molecule has 146 valence electrons. The fourth-order valence-corrected chi connectivity index (χ4v) is 3.48.